The molecule has 2 heterocycles. The number of rotatable bonds is 5. The number of para-hydroxylation sites is 2. The summed E-state index contributed by atoms with van der Waals surface area (Å²) in [6.07, 6.45) is 14.2. The number of nitrogens with two attached hydrogens (primary N) is 1. The van der Waals surface area contributed by atoms with E-state index in [0.717, 1.165) is 53.8 Å². The fourth-order valence-electron chi connectivity index (χ4n) is 8.13. The Morgan fingerprint density at radius 2 is 1.25 bits per heavy atom. The van der Waals surface area contributed by atoms with Gasteiger partial charge in [0.2, 0.25) is 0 Å². The monoisotopic (exact) mass is 665 g/mol. The highest BCUT2D eigenvalue weighted by Crippen LogP contribution is 2.40. The average Bonchev–Trinajstić information content (AvgIpc) is 3.58. The summed E-state index contributed by atoms with van der Waals surface area (Å²) in [5.41, 5.74) is 22.1. The van der Waals surface area contributed by atoms with Crippen molar-refractivity contribution in [2.75, 3.05) is 7.05 Å². The first-order valence-electron chi connectivity index (χ1n) is 18.4. The Morgan fingerprint density at radius 3 is 2.00 bits per heavy atom. The van der Waals surface area contributed by atoms with Crippen LogP contribution in [0.1, 0.15) is 60.3 Å². The van der Waals surface area contributed by atoms with Gasteiger partial charge in [0.1, 0.15) is 0 Å². The number of benzene rings is 5. The summed E-state index contributed by atoms with van der Waals surface area (Å²) in [5.74, 6) is 0. The molecule has 254 valence electrons. The van der Waals surface area contributed by atoms with Crippen LogP contribution in [-0.4, -0.2) is 16.2 Å². The summed E-state index contributed by atoms with van der Waals surface area (Å²) in [5, 5.41) is 2.52. The highest BCUT2D eigenvalue weighted by molar-refractivity contribution is 5.96. The molecular weight excluding hydrogens is 619 g/mol. The first-order valence-corrected chi connectivity index (χ1v) is 18.4. The van der Waals surface area contributed by atoms with Crippen molar-refractivity contribution in [1.29, 1.82) is 0 Å². The molecule has 0 bridgehead atoms. The molecule has 2 N–H and O–H groups in total. The molecule has 5 aromatic carbocycles. The highest BCUT2D eigenvalue weighted by Gasteiger charge is 2.22. The smallest absolute Gasteiger partial charge is 0.0541 e. The number of allylic oxidation sites excluding steroid dienone is 1. The number of hydrogen-bond acceptors (Lipinski definition) is 1. The Kier molecular flexibility index (Phi) is 9.74. The molecule has 0 fully saturated rings. The number of aryl methyl sites for hydroxylation is 3. The lowest BCUT2D eigenvalue weighted by Crippen LogP contribution is -2.05. The molecule has 0 saturated carbocycles. The maximum atomic E-state index is 4.50. The van der Waals surface area contributed by atoms with E-state index < -0.39 is 0 Å². The molecule has 0 spiro atoms. The average molecular weight is 666 g/mol. The van der Waals surface area contributed by atoms with Crippen LogP contribution in [0.15, 0.2) is 128 Å². The lowest BCUT2D eigenvalue weighted by Gasteiger charge is -2.21. The Hall–Kier alpha value is -5.64. The van der Waals surface area contributed by atoms with Crippen LogP contribution in [0.5, 0.6) is 0 Å². The number of aromatic nitrogens is 2. The van der Waals surface area contributed by atoms with E-state index in [1.807, 2.05) is 26.0 Å². The maximum absolute atomic E-state index is 4.50. The van der Waals surface area contributed by atoms with E-state index in [4.69, 9.17) is 0 Å². The topological polar surface area (TPSA) is 35.9 Å². The minimum atomic E-state index is 1.06. The minimum absolute atomic E-state index is 1.06. The van der Waals surface area contributed by atoms with E-state index in [0.29, 0.717) is 0 Å². The van der Waals surface area contributed by atoms with Crippen LogP contribution in [-0.2, 0) is 19.3 Å². The van der Waals surface area contributed by atoms with E-state index in [1.165, 1.54) is 74.4 Å². The fourth-order valence-corrected chi connectivity index (χ4v) is 8.13. The predicted octanol–water partition coefficient (Wildman–Crippen LogP) is 12.2. The normalized spacial score (nSPS) is 12.8. The summed E-state index contributed by atoms with van der Waals surface area (Å²) in [6, 6.07) is 40.6. The summed E-state index contributed by atoms with van der Waals surface area (Å²) < 4.78 is 4.85. The largest absolute Gasteiger partial charge is 0.333 e. The quantitative estimate of drug-likeness (QED) is 0.195. The van der Waals surface area contributed by atoms with Crippen molar-refractivity contribution in [1.82, 2.24) is 9.13 Å². The third-order valence-electron chi connectivity index (χ3n) is 10.3. The SMILES string of the molecule is C=Cc1c(C=C)n(-c2cc(-c3ccc4c(c3)-c3ccccc3CC4)cc(-n3c4c(c5ccccc53)CCCC=C4)c2)c2ccccc12.CC.CN. The van der Waals surface area contributed by atoms with Crippen LogP contribution in [0.25, 0.3) is 73.7 Å². The van der Waals surface area contributed by atoms with Crippen molar-refractivity contribution >= 4 is 40.0 Å². The molecule has 3 heteroatoms. The van der Waals surface area contributed by atoms with Gasteiger partial charge in [0.15, 0.2) is 0 Å². The third kappa shape index (κ3) is 5.78. The molecule has 0 amide bonds. The van der Waals surface area contributed by atoms with Gasteiger partial charge >= 0.3 is 0 Å². The molecule has 9 rings (SSSR count). The first-order chi connectivity index (χ1) is 25.2. The number of hydrogen-bond donors (Lipinski definition) is 1. The molecule has 2 aliphatic carbocycles. The molecule has 3 nitrogen and oxygen atoms in total. The number of nitrogens with zero attached hydrogens (tertiary/aromatic N) is 2. The summed E-state index contributed by atoms with van der Waals surface area (Å²) >= 11 is 0. The lowest BCUT2D eigenvalue weighted by molar-refractivity contribution is 0.854. The van der Waals surface area contributed by atoms with Gasteiger partial charge in [-0.1, -0.05) is 112 Å². The fraction of sp³-hybridized carbons (Fsp3) is 0.167. The van der Waals surface area contributed by atoms with Crippen molar-refractivity contribution in [3.05, 3.63) is 162 Å². The van der Waals surface area contributed by atoms with Gasteiger partial charge in [0, 0.05) is 33.4 Å². The maximum Gasteiger partial charge on any atom is 0.0541 e. The second kappa shape index (κ2) is 14.7. The van der Waals surface area contributed by atoms with E-state index >= 15 is 0 Å². The van der Waals surface area contributed by atoms with Gasteiger partial charge in [0.05, 0.1) is 16.7 Å². The molecular formula is C48H47N3. The minimum Gasteiger partial charge on any atom is -0.333 e. The van der Waals surface area contributed by atoms with Crippen molar-refractivity contribution in [3.8, 4) is 33.6 Å². The molecule has 2 aromatic heterocycles. The van der Waals surface area contributed by atoms with E-state index in [2.05, 4.69) is 149 Å². The van der Waals surface area contributed by atoms with Crippen LogP contribution in [0.2, 0.25) is 0 Å². The van der Waals surface area contributed by atoms with Crippen LogP contribution in [0.4, 0.5) is 0 Å². The second-order valence-corrected chi connectivity index (χ2v) is 12.8. The van der Waals surface area contributed by atoms with E-state index in [1.54, 1.807) is 0 Å². The molecule has 51 heavy (non-hydrogen) atoms. The van der Waals surface area contributed by atoms with Gasteiger partial charge < -0.3 is 14.9 Å². The first kappa shape index (κ1) is 33.8. The molecule has 0 radical (unpaired) electrons. The van der Waals surface area contributed by atoms with Gasteiger partial charge in [0.25, 0.3) is 0 Å². The summed E-state index contributed by atoms with van der Waals surface area (Å²) in [4.78, 5) is 0. The zero-order chi connectivity index (χ0) is 35.5. The Bertz CT molecular complexity index is 2430. The zero-order valence-corrected chi connectivity index (χ0v) is 30.1. The van der Waals surface area contributed by atoms with Gasteiger partial charge in [-0.15, -0.1) is 0 Å². The molecule has 0 aliphatic heterocycles. The predicted molar refractivity (Wildman–Crippen MR) is 222 cm³/mol. The van der Waals surface area contributed by atoms with Gasteiger partial charge in [-0.25, -0.2) is 0 Å². The molecule has 0 atom stereocenters. The van der Waals surface area contributed by atoms with Gasteiger partial charge in [-0.3, -0.25) is 0 Å². The van der Waals surface area contributed by atoms with Crippen molar-refractivity contribution in [3.63, 3.8) is 0 Å². The van der Waals surface area contributed by atoms with Crippen LogP contribution < -0.4 is 5.73 Å². The Labute approximate surface area is 302 Å². The lowest BCUT2D eigenvalue weighted by atomic mass is 9.84. The Morgan fingerprint density at radius 1 is 0.608 bits per heavy atom. The van der Waals surface area contributed by atoms with Gasteiger partial charge in [-0.05, 0) is 127 Å². The van der Waals surface area contributed by atoms with Crippen molar-refractivity contribution in [2.24, 2.45) is 5.73 Å². The van der Waals surface area contributed by atoms with Crippen molar-refractivity contribution in [2.45, 2.75) is 46.0 Å². The molecule has 7 aromatic rings. The highest BCUT2D eigenvalue weighted by atomic mass is 15.0. The van der Waals surface area contributed by atoms with E-state index in [9.17, 15) is 0 Å². The standard InChI is InChI=1S/C45H36N2.C2H6.CH5N/c1-3-36-38-17-10-12-20-43(38)46(42(36)4-2)34-26-33(32-25-24-31-23-22-30-14-8-9-15-37(30)41(31)28-32)27-35(29-34)47-44-19-7-5-6-16-39(44)40-18-11-13-21-45(40)47;2*1-2/h3-4,7-15,17-21,24-29H,1-2,5-6,16,22-23H2;1-2H3;2H2,1H3. The van der Waals surface area contributed by atoms with Gasteiger partial charge in [-0.2, -0.15) is 0 Å². The number of fused-ring (bicyclic) bond motifs is 7. The second-order valence-electron chi connectivity index (χ2n) is 12.8. The summed E-state index contributed by atoms with van der Waals surface area (Å²) in [6.45, 7) is 12.5. The van der Waals surface area contributed by atoms with Crippen LogP contribution >= 0.6 is 0 Å². The summed E-state index contributed by atoms with van der Waals surface area (Å²) in [7, 11) is 1.50. The van der Waals surface area contributed by atoms with Crippen LogP contribution in [0, 0.1) is 0 Å². The Balaban J connectivity index is 0.000000983. The molecule has 2 aliphatic rings. The van der Waals surface area contributed by atoms with E-state index in [-0.39, 0.29) is 0 Å². The molecule has 0 saturated heterocycles. The third-order valence-corrected chi connectivity index (χ3v) is 10.3. The zero-order valence-electron chi connectivity index (χ0n) is 30.1. The van der Waals surface area contributed by atoms with Crippen LogP contribution in [0.3, 0.4) is 0 Å². The molecule has 0 unspecified atom stereocenters. The van der Waals surface area contributed by atoms with Crippen molar-refractivity contribution < 1.29 is 0 Å².